The molecule has 1 unspecified atom stereocenters. The van der Waals surface area contributed by atoms with Crippen molar-refractivity contribution >= 4 is 5.91 Å². The Hall–Kier alpha value is -3.36. The van der Waals surface area contributed by atoms with Gasteiger partial charge in [0.1, 0.15) is 11.8 Å². The SMILES string of the molecule is COc1ccc(-c2noc(C3CCCN3C(=O)c3cccc(C(F)(F)F)c3)n2)cc1. The van der Waals surface area contributed by atoms with Crippen molar-refractivity contribution in [2.24, 2.45) is 0 Å². The molecule has 0 aliphatic carbocycles. The maximum Gasteiger partial charge on any atom is 0.416 e. The van der Waals surface area contributed by atoms with Gasteiger partial charge < -0.3 is 14.2 Å². The molecule has 0 N–H and O–H groups in total. The number of ether oxygens (including phenoxy) is 1. The number of rotatable bonds is 4. The fraction of sp³-hybridized carbons (Fsp3) is 0.286. The molecule has 9 heteroatoms. The molecular weight excluding hydrogens is 399 g/mol. The van der Waals surface area contributed by atoms with Gasteiger partial charge in [-0.05, 0) is 55.3 Å². The normalized spacial score (nSPS) is 16.7. The number of amides is 1. The van der Waals surface area contributed by atoms with E-state index in [-0.39, 0.29) is 11.5 Å². The van der Waals surface area contributed by atoms with Crippen molar-refractivity contribution < 1.29 is 27.2 Å². The first-order valence-electron chi connectivity index (χ1n) is 9.33. The number of halogens is 3. The smallest absolute Gasteiger partial charge is 0.416 e. The zero-order valence-electron chi connectivity index (χ0n) is 16.0. The Morgan fingerprint density at radius 3 is 2.67 bits per heavy atom. The van der Waals surface area contributed by atoms with Crippen LogP contribution in [0.5, 0.6) is 5.75 Å². The summed E-state index contributed by atoms with van der Waals surface area (Å²) in [5.41, 5.74) is -0.158. The van der Waals surface area contributed by atoms with Gasteiger partial charge in [-0.1, -0.05) is 11.2 Å². The van der Waals surface area contributed by atoms with Crippen LogP contribution in [0.15, 0.2) is 53.1 Å². The number of alkyl halides is 3. The van der Waals surface area contributed by atoms with Crippen LogP contribution in [0, 0.1) is 0 Å². The van der Waals surface area contributed by atoms with E-state index >= 15 is 0 Å². The lowest BCUT2D eigenvalue weighted by Gasteiger charge is -2.22. The van der Waals surface area contributed by atoms with Crippen LogP contribution in [-0.2, 0) is 6.18 Å². The molecule has 4 rings (SSSR count). The van der Waals surface area contributed by atoms with Crippen molar-refractivity contribution in [3.8, 4) is 17.1 Å². The van der Waals surface area contributed by atoms with Crippen LogP contribution in [-0.4, -0.2) is 34.6 Å². The molecule has 0 bridgehead atoms. The van der Waals surface area contributed by atoms with Crippen LogP contribution < -0.4 is 4.74 Å². The van der Waals surface area contributed by atoms with Gasteiger partial charge in [0, 0.05) is 17.7 Å². The summed E-state index contributed by atoms with van der Waals surface area (Å²) in [5, 5.41) is 3.99. The van der Waals surface area contributed by atoms with Gasteiger partial charge in [-0.15, -0.1) is 0 Å². The maximum atomic E-state index is 13.0. The number of nitrogens with zero attached hydrogens (tertiary/aromatic N) is 3. The zero-order valence-corrected chi connectivity index (χ0v) is 16.0. The van der Waals surface area contributed by atoms with Crippen LogP contribution in [0.3, 0.4) is 0 Å². The Kier molecular flexibility index (Phi) is 5.19. The van der Waals surface area contributed by atoms with Gasteiger partial charge in [-0.25, -0.2) is 0 Å². The summed E-state index contributed by atoms with van der Waals surface area (Å²) >= 11 is 0. The van der Waals surface area contributed by atoms with Crippen LogP contribution in [0.4, 0.5) is 13.2 Å². The highest BCUT2D eigenvalue weighted by molar-refractivity contribution is 5.94. The molecule has 0 spiro atoms. The zero-order chi connectivity index (χ0) is 21.3. The molecule has 1 aromatic heterocycles. The first-order chi connectivity index (χ1) is 14.4. The molecule has 6 nitrogen and oxygen atoms in total. The Balaban J connectivity index is 1.57. The summed E-state index contributed by atoms with van der Waals surface area (Å²) in [5.74, 6) is 0.827. The molecule has 2 heterocycles. The lowest BCUT2D eigenvalue weighted by molar-refractivity contribution is -0.137. The highest BCUT2D eigenvalue weighted by atomic mass is 19.4. The lowest BCUT2D eigenvalue weighted by atomic mass is 10.1. The number of carbonyl (C=O) groups excluding carboxylic acids is 1. The molecule has 0 radical (unpaired) electrons. The van der Waals surface area contributed by atoms with Crippen molar-refractivity contribution in [1.29, 1.82) is 0 Å². The van der Waals surface area contributed by atoms with Gasteiger partial charge in [-0.2, -0.15) is 18.2 Å². The summed E-state index contributed by atoms with van der Waals surface area (Å²) in [6, 6.07) is 11.0. The second kappa shape index (κ2) is 7.81. The van der Waals surface area contributed by atoms with Gasteiger partial charge in [0.05, 0.1) is 12.7 Å². The van der Waals surface area contributed by atoms with E-state index in [0.717, 1.165) is 17.7 Å². The Bertz CT molecular complexity index is 1050. The largest absolute Gasteiger partial charge is 0.497 e. The second-order valence-electron chi connectivity index (χ2n) is 6.92. The third-order valence-electron chi connectivity index (χ3n) is 5.03. The average molecular weight is 417 g/mol. The number of benzene rings is 2. The van der Waals surface area contributed by atoms with Crippen LogP contribution >= 0.6 is 0 Å². The molecule has 1 aliphatic rings. The van der Waals surface area contributed by atoms with Crippen LogP contribution in [0.25, 0.3) is 11.4 Å². The van der Waals surface area contributed by atoms with Crippen molar-refractivity contribution in [3.05, 3.63) is 65.5 Å². The molecule has 1 saturated heterocycles. The Labute approximate surface area is 170 Å². The van der Waals surface area contributed by atoms with Gasteiger partial charge in [0.15, 0.2) is 0 Å². The molecule has 1 fully saturated rings. The number of methoxy groups -OCH3 is 1. The molecular formula is C21H18F3N3O3. The first kappa shape index (κ1) is 19.9. The van der Waals surface area contributed by atoms with E-state index in [0.29, 0.717) is 31.0 Å². The molecule has 1 amide bonds. The minimum Gasteiger partial charge on any atom is -0.497 e. The lowest BCUT2D eigenvalue weighted by Crippen LogP contribution is -2.31. The van der Waals surface area contributed by atoms with E-state index < -0.39 is 23.7 Å². The maximum absolute atomic E-state index is 13.0. The molecule has 0 saturated carbocycles. The molecule has 2 aromatic carbocycles. The number of hydrogen-bond acceptors (Lipinski definition) is 5. The number of hydrogen-bond donors (Lipinski definition) is 0. The highest BCUT2D eigenvalue weighted by Crippen LogP contribution is 2.35. The molecule has 1 atom stereocenters. The van der Waals surface area contributed by atoms with Crippen LogP contribution in [0.2, 0.25) is 0 Å². The fourth-order valence-electron chi connectivity index (χ4n) is 3.49. The van der Waals surface area contributed by atoms with Crippen molar-refractivity contribution in [2.45, 2.75) is 25.1 Å². The van der Waals surface area contributed by atoms with E-state index in [4.69, 9.17) is 9.26 Å². The van der Waals surface area contributed by atoms with Gasteiger partial charge >= 0.3 is 6.18 Å². The number of aromatic nitrogens is 2. The monoisotopic (exact) mass is 417 g/mol. The van der Waals surface area contributed by atoms with E-state index in [1.807, 2.05) is 0 Å². The topological polar surface area (TPSA) is 68.5 Å². The summed E-state index contributed by atoms with van der Waals surface area (Å²) in [4.78, 5) is 18.8. The summed E-state index contributed by atoms with van der Waals surface area (Å²) < 4.78 is 49.5. The van der Waals surface area contributed by atoms with Crippen molar-refractivity contribution in [1.82, 2.24) is 15.0 Å². The minimum atomic E-state index is -4.51. The molecule has 156 valence electrons. The predicted molar refractivity (Wildman–Crippen MR) is 101 cm³/mol. The average Bonchev–Trinajstić information content (AvgIpc) is 3.42. The van der Waals surface area contributed by atoms with Crippen molar-refractivity contribution in [2.75, 3.05) is 13.7 Å². The van der Waals surface area contributed by atoms with E-state index in [1.54, 1.807) is 31.4 Å². The van der Waals surface area contributed by atoms with E-state index in [9.17, 15) is 18.0 Å². The summed E-state index contributed by atoms with van der Waals surface area (Å²) in [6.45, 7) is 0.403. The third-order valence-corrected chi connectivity index (χ3v) is 5.03. The summed E-state index contributed by atoms with van der Waals surface area (Å²) in [7, 11) is 1.57. The molecule has 3 aromatic rings. The number of carbonyl (C=O) groups is 1. The van der Waals surface area contributed by atoms with E-state index in [1.165, 1.54) is 17.0 Å². The van der Waals surface area contributed by atoms with E-state index in [2.05, 4.69) is 10.1 Å². The van der Waals surface area contributed by atoms with Gasteiger partial charge in [0.25, 0.3) is 5.91 Å². The third kappa shape index (κ3) is 3.87. The minimum absolute atomic E-state index is 0.0216. The number of likely N-dealkylation sites (tertiary alicyclic amines) is 1. The highest BCUT2D eigenvalue weighted by Gasteiger charge is 2.36. The predicted octanol–water partition coefficient (Wildman–Crippen LogP) is 4.74. The second-order valence-corrected chi connectivity index (χ2v) is 6.92. The molecule has 1 aliphatic heterocycles. The quantitative estimate of drug-likeness (QED) is 0.613. The van der Waals surface area contributed by atoms with Crippen molar-refractivity contribution in [3.63, 3.8) is 0 Å². The van der Waals surface area contributed by atoms with Gasteiger partial charge in [0.2, 0.25) is 11.7 Å². The Morgan fingerprint density at radius 2 is 1.97 bits per heavy atom. The standard InChI is InChI=1S/C21H18F3N3O3/c1-29-16-9-7-13(8-10-16)18-25-19(30-26-18)17-6-3-11-27(17)20(28)14-4-2-5-15(12-14)21(22,23)24/h2,4-5,7-10,12,17H,3,6,11H2,1H3. The first-order valence-corrected chi connectivity index (χ1v) is 9.33. The van der Waals surface area contributed by atoms with Crippen LogP contribution in [0.1, 0.15) is 40.7 Å². The molecule has 30 heavy (non-hydrogen) atoms. The Morgan fingerprint density at radius 1 is 1.20 bits per heavy atom. The summed E-state index contributed by atoms with van der Waals surface area (Å²) in [6.07, 6.45) is -3.23. The van der Waals surface area contributed by atoms with Gasteiger partial charge in [-0.3, -0.25) is 4.79 Å². The fourth-order valence-corrected chi connectivity index (χ4v) is 3.49.